The molecule has 0 aromatic carbocycles. The van der Waals surface area contributed by atoms with Crippen LogP contribution < -0.4 is 5.32 Å². The number of likely N-dealkylation sites (tertiary alicyclic amines) is 2. The monoisotopic (exact) mass is 419 g/mol. The fourth-order valence-electron chi connectivity index (χ4n) is 3.24. The van der Waals surface area contributed by atoms with Crippen LogP contribution in [0.1, 0.15) is 31.9 Å². The third-order valence-corrected chi connectivity index (χ3v) is 4.34. The van der Waals surface area contributed by atoms with Crippen LogP contribution >= 0.6 is 24.0 Å². The second-order valence-electron chi connectivity index (χ2n) is 5.79. The van der Waals surface area contributed by atoms with E-state index in [9.17, 15) is 0 Å². The first-order valence-electron chi connectivity index (χ1n) is 8.03. The molecule has 2 fully saturated rings. The van der Waals surface area contributed by atoms with Crippen molar-refractivity contribution in [2.24, 2.45) is 4.99 Å². The molecule has 0 bridgehead atoms. The summed E-state index contributed by atoms with van der Waals surface area (Å²) in [6, 6.07) is 2.56. The number of hydrogen-bond acceptors (Lipinski definition) is 4. The van der Waals surface area contributed by atoms with Crippen LogP contribution in [0.15, 0.2) is 21.8 Å². The zero-order valence-corrected chi connectivity index (χ0v) is 15.5. The number of aromatic nitrogens is 1. The van der Waals surface area contributed by atoms with Gasteiger partial charge < -0.3 is 14.7 Å². The Bertz CT molecular complexity index is 459. The topological polar surface area (TPSA) is 56.9 Å². The van der Waals surface area contributed by atoms with Gasteiger partial charge in [0.1, 0.15) is 12.0 Å². The third kappa shape index (κ3) is 4.34. The van der Waals surface area contributed by atoms with Gasteiger partial charge in [-0.2, -0.15) is 0 Å². The minimum absolute atomic E-state index is 0. The van der Waals surface area contributed by atoms with Crippen molar-refractivity contribution in [3.05, 3.63) is 18.0 Å². The Morgan fingerprint density at radius 3 is 2.91 bits per heavy atom. The van der Waals surface area contributed by atoms with Crippen molar-refractivity contribution in [3.63, 3.8) is 0 Å². The van der Waals surface area contributed by atoms with Gasteiger partial charge in [-0.25, -0.2) is 4.99 Å². The molecule has 0 aliphatic carbocycles. The molecule has 1 aromatic heterocycles. The molecule has 2 aliphatic rings. The highest BCUT2D eigenvalue weighted by Crippen LogP contribution is 2.20. The summed E-state index contributed by atoms with van der Waals surface area (Å²) in [5, 5.41) is 7.31. The average molecular weight is 419 g/mol. The van der Waals surface area contributed by atoms with E-state index in [1.54, 1.807) is 6.26 Å². The van der Waals surface area contributed by atoms with Crippen LogP contribution in [0.2, 0.25) is 0 Å². The predicted molar refractivity (Wildman–Crippen MR) is 97.5 cm³/mol. The van der Waals surface area contributed by atoms with Gasteiger partial charge in [-0.15, -0.1) is 24.0 Å². The standard InChI is InChI=1S/C15H25N5O.HI/c1-2-16-15(17-11-13-6-10-21-18-13)20-9-5-14(12-20)19-7-3-4-8-19;/h6,10,14H,2-5,7-9,11-12H2,1H3,(H,16,17);1H. The Balaban J connectivity index is 0.00000176. The third-order valence-electron chi connectivity index (χ3n) is 4.34. The summed E-state index contributed by atoms with van der Waals surface area (Å²) in [6.07, 6.45) is 5.55. The van der Waals surface area contributed by atoms with Gasteiger partial charge in [-0.1, -0.05) is 5.16 Å². The predicted octanol–water partition coefficient (Wildman–Crippen LogP) is 1.93. The van der Waals surface area contributed by atoms with Gasteiger partial charge in [0.2, 0.25) is 0 Å². The van der Waals surface area contributed by atoms with E-state index in [0.717, 1.165) is 31.3 Å². The lowest BCUT2D eigenvalue weighted by Crippen LogP contribution is -2.42. The van der Waals surface area contributed by atoms with Crippen molar-refractivity contribution in [3.8, 4) is 0 Å². The van der Waals surface area contributed by atoms with Crippen molar-refractivity contribution < 1.29 is 4.52 Å². The summed E-state index contributed by atoms with van der Waals surface area (Å²) in [6.45, 7) is 8.29. The Morgan fingerprint density at radius 1 is 1.41 bits per heavy atom. The Labute approximate surface area is 149 Å². The average Bonchev–Trinajstić information content (AvgIpc) is 3.25. The van der Waals surface area contributed by atoms with E-state index in [4.69, 9.17) is 4.52 Å². The number of nitrogens with zero attached hydrogens (tertiary/aromatic N) is 4. The van der Waals surface area contributed by atoms with Gasteiger partial charge in [-0.3, -0.25) is 4.90 Å². The molecule has 22 heavy (non-hydrogen) atoms. The normalized spacial score (nSPS) is 22.9. The summed E-state index contributed by atoms with van der Waals surface area (Å²) in [5.74, 6) is 1.00. The summed E-state index contributed by atoms with van der Waals surface area (Å²) >= 11 is 0. The second-order valence-corrected chi connectivity index (χ2v) is 5.79. The van der Waals surface area contributed by atoms with Gasteiger partial charge in [0.15, 0.2) is 5.96 Å². The molecule has 1 unspecified atom stereocenters. The van der Waals surface area contributed by atoms with Crippen molar-refractivity contribution in [1.29, 1.82) is 0 Å². The van der Waals surface area contributed by atoms with E-state index < -0.39 is 0 Å². The fourth-order valence-corrected chi connectivity index (χ4v) is 3.24. The summed E-state index contributed by atoms with van der Waals surface area (Å²) in [7, 11) is 0. The van der Waals surface area contributed by atoms with Crippen LogP contribution in [0, 0.1) is 0 Å². The molecule has 3 rings (SSSR count). The molecular formula is C15H26IN5O. The van der Waals surface area contributed by atoms with Crippen LogP contribution in [0.5, 0.6) is 0 Å². The molecule has 1 aromatic rings. The minimum Gasteiger partial charge on any atom is -0.364 e. The number of rotatable bonds is 4. The highest BCUT2D eigenvalue weighted by Gasteiger charge is 2.30. The first-order valence-corrected chi connectivity index (χ1v) is 8.03. The molecular weight excluding hydrogens is 393 g/mol. The lowest BCUT2D eigenvalue weighted by Gasteiger charge is -2.25. The van der Waals surface area contributed by atoms with E-state index >= 15 is 0 Å². The van der Waals surface area contributed by atoms with Crippen LogP contribution in [0.3, 0.4) is 0 Å². The number of halogens is 1. The van der Waals surface area contributed by atoms with Crippen molar-refractivity contribution >= 4 is 29.9 Å². The van der Waals surface area contributed by atoms with E-state index in [1.807, 2.05) is 6.07 Å². The van der Waals surface area contributed by atoms with Crippen molar-refractivity contribution in [2.45, 2.75) is 38.8 Å². The zero-order chi connectivity index (χ0) is 14.5. The largest absolute Gasteiger partial charge is 0.364 e. The molecule has 1 atom stereocenters. The molecule has 2 aliphatic heterocycles. The van der Waals surface area contributed by atoms with Gasteiger partial charge in [-0.05, 0) is 39.3 Å². The Morgan fingerprint density at radius 2 is 2.23 bits per heavy atom. The number of nitrogens with one attached hydrogen (secondary N) is 1. The molecule has 124 valence electrons. The van der Waals surface area contributed by atoms with E-state index in [2.05, 4.69) is 32.2 Å². The molecule has 1 N–H and O–H groups in total. The molecule has 0 spiro atoms. The van der Waals surface area contributed by atoms with E-state index in [-0.39, 0.29) is 24.0 Å². The molecule has 0 saturated carbocycles. The molecule has 0 radical (unpaired) electrons. The minimum atomic E-state index is 0. The highest BCUT2D eigenvalue weighted by atomic mass is 127. The molecule has 3 heterocycles. The van der Waals surface area contributed by atoms with E-state index in [1.165, 1.54) is 32.4 Å². The van der Waals surface area contributed by atoms with Crippen LogP contribution in [-0.4, -0.2) is 59.7 Å². The van der Waals surface area contributed by atoms with Crippen molar-refractivity contribution in [1.82, 2.24) is 20.3 Å². The summed E-state index contributed by atoms with van der Waals surface area (Å²) < 4.78 is 4.86. The smallest absolute Gasteiger partial charge is 0.194 e. The highest BCUT2D eigenvalue weighted by molar-refractivity contribution is 14.0. The quantitative estimate of drug-likeness (QED) is 0.459. The maximum absolute atomic E-state index is 4.86. The van der Waals surface area contributed by atoms with Crippen molar-refractivity contribution in [2.75, 3.05) is 32.7 Å². The molecule has 6 nitrogen and oxygen atoms in total. The molecule has 0 amide bonds. The summed E-state index contributed by atoms with van der Waals surface area (Å²) in [4.78, 5) is 9.71. The van der Waals surface area contributed by atoms with Gasteiger partial charge in [0.05, 0.1) is 6.54 Å². The van der Waals surface area contributed by atoms with Crippen LogP contribution in [-0.2, 0) is 6.54 Å². The Kier molecular flexibility index (Phi) is 6.94. The molecule has 7 heteroatoms. The number of guanidine groups is 1. The first-order chi connectivity index (χ1) is 10.4. The SMILES string of the molecule is CCNC(=NCc1ccon1)N1CCC(N2CCCC2)C1.I. The molecule has 2 saturated heterocycles. The number of hydrogen-bond donors (Lipinski definition) is 1. The van der Waals surface area contributed by atoms with Gasteiger partial charge in [0, 0.05) is 31.7 Å². The maximum atomic E-state index is 4.86. The fraction of sp³-hybridized carbons (Fsp3) is 0.733. The van der Waals surface area contributed by atoms with E-state index in [0.29, 0.717) is 12.6 Å². The van der Waals surface area contributed by atoms with Gasteiger partial charge >= 0.3 is 0 Å². The van der Waals surface area contributed by atoms with Crippen LogP contribution in [0.4, 0.5) is 0 Å². The Hall–Kier alpha value is -0.830. The lowest BCUT2D eigenvalue weighted by atomic mass is 10.2. The lowest BCUT2D eigenvalue weighted by molar-refractivity contribution is 0.249. The van der Waals surface area contributed by atoms with Gasteiger partial charge in [0.25, 0.3) is 0 Å². The first kappa shape index (κ1) is 17.5. The number of aliphatic imine (C=N–C) groups is 1. The summed E-state index contributed by atoms with van der Waals surface area (Å²) in [5.41, 5.74) is 0.876. The maximum Gasteiger partial charge on any atom is 0.194 e. The second kappa shape index (κ2) is 8.71. The zero-order valence-electron chi connectivity index (χ0n) is 13.2. The van der Waals surface area contributed by atoms with Crippen LogP contribution in [0.25, 0.3) is 0 Å².